The zero-order valence-corrected chi connectivity index (χ0v) is 10.2. The zero-order valence-electron chi connectivity index (χ0n) is 9.34. The van der Waals surface area contributed by atoms with Crippen molar-refractivity contribution in [2.24, 2.45) is 0 Å². The van der Waals surface area contributed by atoms with Crippen molar-refractivity contribution in [3.05, 3.63) is 41.3 Å². The molecular weight excluding hydrogens is 230 g/mol. The molecule has 0 spiro atoms. The van der Waals surface area contributed by atoms with E-state index < -0.39 is 0 Å². The van der Waals surface area contributed by atoms with Gasteiger partial charge in [-0.25, -0.2) is 9.97 Å². The van der Waals surface area contributed by atoms with Gasteiger partial charge in [-0.3, -0.25) is 0 Å². The third-order valence-corrected chi connectivity index (χ3v) is 3.47. The second-order valence-corrected chi connectivity index (χ2v) is 4.83. The maximum atomic E-state index is 5.92. The molecule has 2 aromatic heterocycles. The SMILES string of the molecule is Cc1ccc(-c2nc(N)c3ccsc3n2)cc1. The van der Waals surface area contributed by atoms with Gasteiger partial charge in [0.05, 0.1) is 5.39 Å². The van der Waals surface area contributed by atoms with Crippen LogP contribution in [0, 0.1) is 6.92 Å². The molecule has 3 nitrogen and oxygen atoms in total. The van der Waals surface area contributed by atoms with E-state index in [4.69, 9.17) is 5.73 Å². The predicted octanol–water partition coefficient (Wildman–Crippen LogP) is 3.25. The fourth-order valence-corrected chi connectivity index (χ4v) is 2.48. The molecule has 2 heterocycles. The molecule has 0 saturated heterocycles. The third-order valence-electron chi connectivity index (χ3n) is 2.66. The normalized spacial score (nSPS) is 10.9. The van der Waals surface area contributed by atoms with Crippen LogP contribution >= 0.6 is 11.3 Å². The molecule has 0 radical (unpaired) electrons. The molecule has 0 atom stereocenters. The van der Waals surface area contributed by atoms with Gasteiger partial charge in [0.2, 0.25) is 0 Å². The molecule has 84 valence electrons. The average Bonchev–Trinajstić information content (AvgIpc) is 2.78. The van der Waals surface area contributed by atoms with Gasteiger partial charge >= 0.3 is 0 Å². The number of hydrogen-bond donors (Lipinski definition) is 1. The topological polar surface area (TPSA) is 51.8 Å². The van der Waals surface area contributed by atoms with Crippen LogP contribution in [0.2, 0.25) is 0 Å². The van der Waals surface area contributed by atoms with Crippen molar-refractivity contribution >= 4 is 27.4 Å². The van der Waals surface area contributed by atoms with Crippen molar-refractivity contribution in [2.45, 2.75) is 6.92 Å². The highest BCUT2D eigenvalue weighted by Gasteiger charge is 2.07. The lowest BCUT2D eigenvalue weighted by Crippen LogP contribution is -1.95. The summed E-state index contributed by atoms with van der Waals surface area (Å²) in [7, 11) is 0. The van der Waals surface area contributed by atoms with E-state index in [0.717, 1.165) is 15.8 Å². The number of thiophene rings is 1. The standard InChI is InChI=1S/C13H11N3S/c1-8-2-4-9(5-3-8)12-15-11(14)10-6-7-17-13(10)16-12/h2-7H,1H3,(H2,14,15,16). The summed E-state index contributed by atoms with van der Waals surface area (Å²) >= 11 is 1.58. The number of anilines is 1. The fourth-order valence-electron chi connectivity index (χ4n) is 1.71. The minimum absolute atomic E-state index is 0.548. The first-order valence-electron chi connectivity index (χ1n) is 5.32. The van der Waals surface area contributed by atoms with E-state index in [0.29, 0.717) is 11.6 Å². The van der Waals surface area contributed by atoms with E-state index in [1.807, 2.05) is 35.7 Å². The molecule has 0 aliphatic heterocycles. The molecule has 17 heavy (non-hydrogen) atoms. The lowest BCUT2D eigenvalue weighted by Gasteiger charge is -2.02. The van der Waals surface area contributed by atoms with Gasteiger partial charge in [0.15, 0.2) is 5.82 Å². The van der Waals surface area contributed by atoms with Gasteiger partial charge in [-0.05, 0) is 18.4 Å². The van der Waals surface area contributed by atoms with Crippen LogP contribution in [0.25, 0.3) is 21.6 Å². The fraction of sp³-hybridized carbons (Fsp3) is 0.0769. The van der Waals surface area contributed by atoms with Crippen LogP contribution in [-0.2, 0) is 0 Å². The van der Waals surface area contributed by atoms with Gasteiger partial charge < -0.3 is 5.73 Å². The molecule has 2 N–H and O–H groups in total. The van der Waals surface area contributed by atoms with E-state index in [-0.39, 0.29) is 0 Å². The maximum absolute atomic E-state index is 5.92. The summed E-state index contributed by atoms with van der Waals surface area (Å²) in [6.07, 6.45) is 0. The smallest absolute Gasteiger partial charge is 0.163 e. The molecule has 0 aliphatic carbocycles. The quantitative estimate of drug-likeness (QED) is 0.711. The van der Waals surface area contributed by atoms with Crippen LogP contribution < -0.4 is 5.73 Å². The minimum atomic E-state index is 0.548. The second kappa shape index (κ2) is 3.82. The van der Waals surface area contributed by atoms with Crippen LogP contribution in [0.3, 0.4) is 0 Å². The van der Waals surface area contributed by atoms with E-state index in [1.54, 1.807) is 11.3 Å². The number of nitrogen functional groups attached to an aromatic ring is 1. The van der Waals surface area contributed by atoms with Crippen LogP contribution in [0.15, 0.2) is 35.7 Å². The summed E-state index contributed by atoms with van der Waals surface area (Å²) in [6, 6.07) is 10.1. The second-order valence-electron chi connectivity index (χ2n) is 3.94. The Hall–Kier alpha value is -1.94. The molecule has 3 rings (SSSR count). The Kier molecular flexibility index (Phi) is 2.30. The number of fused-ring (bicyclic) bond motifs is 1. The Morgan fingerprint density at radius 1 is 1.06 bits per heavy atom. The average molecular weight is 241 g/mol. The summed E-state index contributed by atoms with van der Waals surface area (Å²) in [4.78, 5) is 9.81. The van der Waals surface area contributed by atoms with Gasteiger partial charge in [0.25, 0.3) is 0 Å². The summed E-state index contributed by atoms with van der Waals surface area (Å²) in [5, 5.41) is 2.92. The highest BCUT2D eigenvalue weighted by atomic mass is 32.1. The van der Waals surface area contributed by atoms with Gasteiger partial charge in [-0.15, -0.1) is 11.3 Å². The highest BCUT2D eigenvalue weighted by molar-refractivity contribution is 7.16. The maximum Gasteiger partial charge on any atom is 0.163 e. The van der Waals surface area contributed by atoms with E-state index in [9.17, 15) is 0 Å². The Bertz CT molecular complexity index is 671. The number of aryl methyl sites for hydroxylation is 1. The first kappa shape index (κ1) is 10.2. The molecular formula is C13H11N3S. The first-order chi connectivity index (χ1) is 8.24. The van der Waals surface area contributed by atoms with E-state index >= 15 is 0 Å². The lowest BCUT2D eigenvalue weighted by molar-refractivity contribution is 1.24. The zero-order chi connectivity index (χ0) is 11.8. The molecule has 4 heteroatoms. The number of hydrogen-bond acceptors (Lipinski definition) is 4. The van der Waals surface area contributed by atoms with Crippen molar-refractivity contribution in [1.29, 1.82) is 0 Å². The minimum Gasteiger partial charge on any atom is -0.383 e. The van der Waals surface area contributed by atoms with Crippen molar-refractivity contribution in [2.75, 3.05) is 5.73 Å². The van der Waals surface area contributed by atoms with E-state index in [1.165, 1.54) is 5.56 Å². The van der Waals surface area contributed by atoms with Gasteiger partial charge in [0.1, 0.15) is 10.6 Å². The number of aromatic nitrogens is 2. The molecule has 0 saturated carbocycles. The van der Waals surface area contributed by atoms with Gasteiger partial charge in [-0.1, -0.05) is 29.8 Å². The lowest BCUT2D eigenvalue weighted by atomic mass is 10.1. The first-order valence-corrected chi connectivity index (χ1v) is 6.20. The van der Waals surface area contributed by atoms with Crippen molar-refractivity contribution in [3.8, 4) is 11.4 Å². The van der Waals surface area contributed by atoms with Crippen molar-refractivity contribution in [3.63, 3.8) is 0 Å². The Balaban J connectivity index is 2.20. The Morgan fingerprint density at radius 3 is 2.59 bits per heavy atom. The Labute approximate surface area is 103 Å². The summed E-state index contributed by atoms with van der Waals surface area (Å²) in [5.74, 6) is 1.24. The van der Waals surface area contributed by atoms with E-state index in [2.05, 4.69) is 16.9 Å². The van der Waals surface area contributed by atoms with Crippen LogP contribution in [0.4, 0.5) is 5.82 Å². The monoisotopic (exact) mass is 241 g/mol. The van der Waals surface area contributed by atoms with Crippen LogP contribution in [0.1, 0.15) is 5.56 Å². The predicted molar refractivity (Wildman–Crippen MR) is 72.0 cm³/mol. The van der Waals surface area contributed by atoms with Crippen LogP contribution in [0.5, 0.6) is 0 Å². The summed E-state index contributed by atoms with van der Waals surface area (Å²) in [6.45, 7) is 2.06. The number of benzene rings is 1. The van der Waals surface area contributed by atoms with Gasteiger partial charge in [0, 0.05) is 5.56 Å². The van der Waals surface area contributed by atoms with Crippen LogP contribution in [-0.4, -0.2) is 9.97 Å². The molecule has 1 aromatic carbocycles. The third kappa shape index (κ3) is 1.76. The van der Waals surface area contributed by atoms with Gasteiger partial charge in [-0.2, -0.15) is 0 Å². The molecule has 0 amide bonds. The molecule has 0 unspecified atom stereocenters. The highest BCUT2D eigenvalue weighted by Crippen LogP contribution is 2.26. The number of rotatable bonds is 1. The van der Waals surface area contributed by atoms with Crippen molar-refractivity contribution < 1.29 is 0 Å². The van der Waals surface area contributed by atoms with Crippen molar-refractivity contribution in [1.82, 2.24) is 9.97 Å². The Morgan fingerprint density at radius 2 is 1.82 bits per heavy atom. The number of nitrogens with zero attached hydrogens (tertiary/aromatic N) is 2. The summed E-state index contributed by atoms with van der Waals surface area (Å²) in [5.41, 5.74) is 8.14. The molecule has 0 bridgehead atoms. The molecule has 3 aromatic rings. The molecule has 0 aliphatic rings. The largest absolute Gasteiger partial charge is 0.383 e. The number of nitrogens with two attached hydrogens (primary N) is 1. The molecule has 0 fully saturated rings. The summed E-state index contributed by atoms with van der Waals surface area (Å²) < 4.78 is 0.